The first kappa shape index (κ1) is 43.2. The van der Waals surface area contributed by atoms with Crippen molar-refractivity contribution in [2.45, 2.75) is 78.0 Å². The van der Waals surface area contributed by atoms with Crippen LogP contribution in [0, 0.1) is 20.8 Å². The van der Waals surface area contributed by atoms with Gasteiger partial charge in [0.05, 0.1) is 51.4 Å². The summed E-state index contributed by atoms with van der Waals surface area (Å²) in [6, 6.07) is 20.0. The minimum absolute atomic E-state index is 0.0386. The predicted molar refractivity (Wildman–Crippen MR) is 223 cm³/mol. The van der Waals surface area contributed by atoms with Crippen molar-refractivity contribution >= 4 is 21.7 Å². The van der Waals surface area contributed by atoms with Crippen molar-refractivity contribution in [3.63, 3.8) is 0 Å². The van der Waals surface area contributed by atoms with E-state index in [1.807, 2.05) is 42.5 Å². The van der Waals surface area contributed by atoms with E-state index in [0.717, 1.165) is 34.0 Å². The van der Waals surface area contributed by atoms with E-state index < -0.39 is 10.0 Å². The normalized spacial score (nSPS) is 13.2. The number of hydrogen-bond donors (Lipinski definition) is 0. The lowest BCUT2D eigenvalue weighted by Gasteiger charge is -2.27. The molecule has 59 heavy (non-hydrogen) atoms. The fourth-order valence-corrected chi connectivity index (χ4v) is 8.65. The Morgan fingerprint density at radius 3 is 2.34 bits per heavy atom. The van der Waals surface area contributed by atoms with Crippen LogP contribution >= 0.6 is 0 Å². The lowest BCUT2D eigenvalue weighted by atomic mass is 9.97. The largest absolute Gasteiger partial charge is 0.497 e. The predicted octanol–water partition coefficient (Wildman–Crippen LogP) is 6.14. The zero-order chi connectivity index (χ0) is 42.1. The number of aromatic nitrogens is 3. The number of aryl methyl sites for hydroxylation is 3. The minimum atomic E-state index is -4.26. The number of sulfonamides is 1. The molecule has 0 radical (unpaired) electrons. The molecule has 1 saturated heterocycles. The van der Waals surface area contributed by atoms with Crippen LogP contribution in [0.15, 0.2) is 80.9 Å². The Labute approximate surface area is 345 Å². The quantitative estimate of drug-likeness (QED) is 0.0936. The Balaban J connectivity index is 1.41. The van der Waals surface area contributed by atoms with E-state index in [9.17, 15) is 18.0 Å². The molecule has 1 fully saturated rings. The van der Waals surface area contributed by atoms with Crippen LogP contribution in [0.1, 0.15) is 64.9 Å². The fourth-order valence-electron chi connectivity index (χ4n) is 7.07. The van der Waals surface area contributed by atoms with Gasteiger partial charge in [0.25, 0.3) is 15.6 Å². The van der Waals surface area contributed by atoms with Crippen LogP contribution in [0.2, 0.25) is 0 Å². The van der Waals surface area contributed by atoms with Crippen molar-refractivity contribution in [2.24, 2.45) is 0 Å². The molecule has 3 aromatic carbocycles. The summed E-state index contributed by atoms with van der Waals surface area (Å²) in [7, 11) is -1.23. The molecule has 314 valence electrons. The minimum Gasteiger partial charge on any atom is -0.497 e. The number of unbranched alkanes of at least 4 members (excludes halogenated alkanes) is 1. The van der Waals surface area contributed by atoms with Crippen LogP contribution in [0.25, 0.3) is 11.1 Å². The van der Waals surface area contributed by atoms with Gasteiger partial charge in [0, 0.05) is 49.0 Å². The molecule has 0 atom stereocenters. The van der Waals surface area contributed by atoms with E-state index in [2.05, 4.69) is 12.1 Å². The molecule has 0 unspecified atom stereocenters. The number of methoxy groups -OCH3 is 2. The summed E-state index contributed by atoms with van der Waals surface area (Å²) >= 11 is 0. The number of morpholine rings is 1. The van der Waals surface area contributed by atoms with Gasteiger partial charge in [-0.25, -0.2) is 17.7 Å². The summed E-state index contributed by atoms with van der Waals surface area (Å²) in [5.41, 5.74) is 4.74. The average molecular weight is 828 g/mol. The second kappa shape index (κ2) is 19.6. The zero-order valence-corrected chi connectivity index (χ0v) is 35.5. The summed E-state index contributed by atoms with van der Waals surface area (Å²) in [5, 5.41) is 4.07. The van der Waals surface area contributed by atoms with Gasteiger partial charge in [-0.2, -0.15) is 0 Å². The van der Waals surface area contributed by atoms with Gasteiger partial charge in [0.15, 0.2) is 5.82 Å². The van der Waals surface area contributed by atoms with Crippen molar-refractivity contribution in [3.8, 4) is 16.9 Å². The van der Waals surface area contributed by atoms with E-state index in [1.54, 1.807) is 61.6 Å². The summed E-state index contributed by atoms with van der Waals surface area (Å²) in [6.45, 7) is 9.54. The molecular weight excluding hydrogens is 775 g/mol. The molecule has 1 aliphatic heterocycles. The zero-order valence-electron chi connectivity index (χ0n) is 34.7. The number of anilines is 1. The van der Waals surface area contributed by atoms with E-state index in [4.69, 9.17) is 28.5 Å². The maximum atomic E-state index is 14.6. The smallest absolute Gasteiger partial charge is 0.268 e. The summed E-state index contributed by atoms with van der Waals surface area (Å²) in [5.74, 6) is 1.88. The van der Waals surface area contributed by atoms with Crippen molar-refractivity contribution in [3.05, 3.63) is 122 Å². The molecule has 2 aromatic heterocycles. The molecule has 14 nitrogen and oxygen atoms in total. The van der Waals surface area contributed by atoms with Crippen molar-refractivity contribution in [1.29, 1.82) is 0 Å². The van der Waals surface area contributed by atoms with Crippen molar-refractivity contribution in [1.82, 2.24) is 19.6 Å². The van der Waals surface area contributed by atoms with Gasteiger partial charge < -0.3 is 28.4 Å². The number of carbonyl (C=O) groups is 1. The third kappa shape index (κ3) is 9.93. The molecule has 3 heterocycles. The van der Waals surface area contributed by atoms with E-state index in [-0.39, 0.29) is 55.1 Å². The van der Waals surface area contributed by atoms with Crippen LogP contribution in [0.4, 0.5) is 5.82 Å². The Morgan fingerprint density at radius 2 is 1.66 bits per heavy atom. The van der Waals surface area contributed by atoms with Crippen LogP contribution in [0.3, 0.4) is 0 Å². The molecule has 5 aromatic rings. The highest BCUT2D eigenvalue weighted by Crippen LogP contribution is 2.35. The Morgan fingerprint density at radius 1 is 0.932 bits per heavy atom. The van der Waals surface area contributed by atoms with Crippen LogP contribution < -0.4 is 14.6 Å². The molecule has 15 heteroatoms. The fraction of sp³-hybridized carbons (Fsp3) is 0.409. The lowest BCUT2D eigenvalue weighted by molar-refractivity contribution is -0.134. The van der Waals surface area contributed by atoms with Gasteiger partial charge in [-0.1, -0.05) is 67.0 Å². The van der Waals surface area contributed by atoms with Gasteiger partial charge in [0.1, 0.15) is 24.1 Å². The second-order valence-electron chi connectivity index (χ2n) is 14.5. The molecule has 1 amide bonds. The summed E-state index contributed by atoms with van der Waals surface area (Å²) in [6.07, 6.45) is 2.29. The van der Waals surface area contributed by atoms with Gasteiger partial charge in [-0.3, -0.25) is 14.2 Å². The Hall–Kier alpha value is -5.35. The third-order valence-corrected chi connectivity index (χ3v) is 12.3. The van der Waals surface area contributed by atoms with Crippen molar-refractivity contribution < 1.29 is 36.7 Å². The maximum absolute atomic E-state index is 14.6. The number of carbonyl (C=O) groups excluding carboxylic acids is 1. The average Bonchev–Trinajstić information content (AvgIpc) is 3.58. The standard InChI is InChI=1S/C44H53N5O9S/c1-7-8-13-41-45-31(3)39(25-42(50)47-20-22-56-23-21-47)44(51)48(41)26-34-16-19-37(35(24-34)28-57-27-33-14-17-36(55-6)18-15-33)38-11-9-10-12-40(38)59(52,53)49(29-54-5)43-30(2)32(4)58-46-43/h9-12,14-19,24H,7-8,13,20-23,25-29H2,1-6H3. The molecule has 0 N–H and O–H groups in total. The van der Waals surface area contributed by atoms with Crippen LogP contribution in [-0.4, -0.2) is 81.2 Å². The SMILES string of the molecule is CCCCc1nc(C)c(CC(=O)N2CCOCC2)c(=O)n1Cc1ccc(-c2ccccc2S(=O)(=O)N(COC)c2noc(C)c2C)c(COCc2ccc(OC)cc2)c1. The van der Waals surface area contributed by atoms with Gasteiger partial charge in [-0.05, 0) is 67.6 Å². The highest BCUT2D eigenvalue weighted by Gasteiger charge is 2.32. The molecule has 0 spiro atoms. The topological polar surface area (TPSA) is 156 Å². The van der Waals surface area contributed by atoms with Crippen LogP contribution in [-0.2, 0) is 61.6 Å². The number of hydrogen-bond acceptors (Lipinski definition) is 11. The number of amides is 1. The molecule has 1 aliphatic rings. The highest BCUT2D eigenvalue weighted by molar-refractivity contribution is 7.93. The third-order valence-electron chi connectivity index (χ3n) is 10.6. The summed E-state index contributed by atoms with van der Waals surface area (Å²) in [4.78, 5) is 34.4. The first-order valence-corrected chi connectivity index (χ1v) is 21.2. The molecular formula is C44H53N5O9S. The monoisotopic (exact) mass is 827 g/mol. The number of ether oxygens (including phenoxy) is 4. The molecule has 0 saturated carbocycles. The molecule has 6 rings (SSSR count). The van der Waals surface area contributed by atoms with Gasteiger partial charge in [0.2, 0.25) is 5.91 Å². The number of rotatable bonds is 18. The first-order valence-electron chi connectivity index (χ1n) is 19.8. The molecule has 0 aliphatic carbocycles. The van der Waals surface area contributed by atoms with Gasteiger partial charge in [-0.15, -0.1) is 0 Å². The highest BCUT2D eigenvalue weighted by atomic mass is 32.2. The van der Waals surface area contributed by atoms with Gasteiger partial charge >= 0.3 is 0 Å². The Bertz CT molecular complexity index is 2400. The van der Waals surface area contributed by atoms with Crippen molar-refractivity contribution in [2.75, 3.05) is 51.6 Å². The number of benzene rings is 3. The van der Waals surface area contributed by atoms with E-state index >= 15 is 0 Å². The Kier molecular flexibility index (Phi) is 14.4. The van der Waals surface area contributed by atoms with E-state index in [0.29, 0.717) is 77.8 Å². The first-order chi connectivity index (χ1) is 28.5. The number of nitrogens with zero attached hydrogens (tertiary/aromatic N) is 5. The molecule has 0 bridgehead atoms. The van der Waals surface area contributed by atoms with Crippen LogP contribution in [0.5, 0.6) is 5.75 Å². The lowest BCUT2D eigenvalue weighted by Crippen LogP contribution is -2.42. The second-order valence-corrected chi connectivity index (χ2v) is 16.4. The van der Waals surface area contributed by atoms with E-state index in [1.165, 1.54) is 7.11 Å². The summed E-state index contributed by atoms with van der Waals surface area (Å²) < 4.78 is 59.7. The maximum Gasteiger partial charge on any atom is 0.268 e.